The van der Waals surface area contributed by atoms with Crippen LogP contribution in [-0.2, 0) is 6.54 Å². The molecule has 1 aliphatic carbocycles. The molecule has 1 aliphatic rings. The third-order valence-corrected chi connectivity index (χ3v) is 3.28. The molecule has 1 saturated carbocycles. The minimum absolute atomic E-state index is 0.273. The molecule has 0 amide bonds. The van der Waals surface area contributed by atoms with Gasteiger partial charge in [-0.3, -0.25) is 0 Å². The Hall–Kier alpha value is -1.68. The molecule has 0 spiro atoms. The lowest BCUT2D eigenvalue weighted by atomic mass is 10.1. The van der Waals surface area contributed by atoms with Crippen molar-refractivity contribution in [1.82, 2.24) is 5.32 Å². The lowest BCUT2D eigenvalue weighted by Crippen LogP contribution is -2.16. The quantitative estimate of drug-likeness (QED) is 0.900. The Morgan fingerprint density at radius 1 is 1.22 bits per heavy atom. The minimum Gasteiger partial charge on any atom is -0.468 e. The van der Waals surface area contributed by atoms with E-state index in [0.29, 0.717) is 12.6 Å². The van der Waals surface area contributed by atoms with E-state index in [9.17, 15) is 8.78 Å². The summed E-state index contributed by atoms with van der Waals surface area (Å²) in [4.78, 5) is 0. The van der Waals surface area contributed by atoms with Crippen LogP contribution in [0.5, 0.6) is 0 Å². The normalized spacial score (nSPS) is 22.1. The van der Waals surface area contributed by atoms with Crippen LogP contribution in [0.15, 0.2) is 41.0 Å². The Morgan fingerprint density at radius 3 is 2.83 bits per heavy atom. The monoisotopic (exact) mass is 249 g/mol. The second kappa shape index (κ2) is 4.53. The highest BCUT2D eigenvalue weighted by Gasteiger charge is 2.38. The van der Waals surface area contributed by atoms with Gasteiger partial charge in [0.1, 0.15) is 5.76 Å². The first kappa shape index (κ1) is 11.4. The summed E-state index contributed by atoms with van der Waals surface area (Å²) in [6, 6.07) is 8.19. The van der Waals surface area contributed by atoms with Gasteiger partial charge in [0.05, 0.1) is 12.8 Å². The van der Waals surface area contributed by atoms with Gasteiger partial charge in [0.2, 0.25) is 0 Å². The molecule has 0 bridgehead atoms. The Bertz CT molecular complexity index is 539. The van der Waals surface area contributed by atoms with Crippen molar-refractivity contribution in [3.63, 3.8) is 0 Å². The average Bonchev–Trinajstić information content (AvgIpc) is 2.95. The summed E-state index contributed by atoms with van der Waals surface area (Å²) < 4.78 is 31.1. The van der Waals surface area contributed by atoms with Crippen LogP contribution in [0.2, 0.25) is 0 Å². The van der Waals surface area contributed by atoms with Crippen molar-refractivity contribution in [2.75, 3.05) is 0 Å². The number of furan rings is 1. The van der Waals surface area contributed by atoms with E-state index in [1.807, 2.05) is 12.1 Å². The summed E-state index contributed by atoms with van der Waals surface area (Å²) in [7, 11) is 0. The number of halogens is 2. The Morgan fingerprint density at radius 2 is 2.11 bits per heavy atom. The van der Waals surface area contributed by atoms with Crippen molar-refractivity contribution >= 4 is 0 Å². The Balaban J connectivity index is 1.58. The molecular formula is C14H13F2NO. The highest BCUT2D eigenvalue weighted by Crippen LogP contribution is 2.41. The van der Waals surface area contributed by atoms with Crippen LogP contribution in [0.1, 0.15) is 23.7 Å². The lowest BCUT2D eigenvalue weighted by molar-refractivity contribution is 0.480. The molecule has 18 heavy (non-hydrogen) atoms. The first-order valence-electron chi connectivity index (χ1n) is 5.95. The Labute approximate surface area is 104 Å². The van der Waals surface area contributed by atoms with E-state index in [-0.39, 0.29) is 5.92 Å². The summed E-state index contributed by atoms with van der Waals surface area (Å²) in [5.41, 5.74) is 0.853. The number of nitrogens with one attached hydrogen (secondary N) is 1. The van der Waals surface area contributed by atoms with E-state index in [1.165, 1.54) is 12.1 Å². The number of hydrogen-bond acceptors (Lipinski definition) is 2. The number of hydrogen-bond donors (Lipinski definition) is 1. The third kappa shape index (κ3) is 2.29. The zero-order chi connectivity index (χ0) is 12.5. The van der Waals surface area contributed by atoms with E-state index in [2.05, 4.69) is 5.32 Å². The van der Waals surface area contributed by atoms with Crippen molar-refractivity contribution in [1.29, 1.82) is 0 Å². The van der Waals surface area contributed by atoms with Gasteiger partial charge in [-0.15, -0.1) is 0 Å². The van der Waals surface area contributed by atoms with E-state index in [1.54, 1.807) is 12.3 Å². The maximum absolute atomic E-state index is 13.1. The molecule has 2 nitrogen and oxygen atoms in total. The molecule has 4 heteroatoms. The highest BCUT2D eigenvalue weighted by atomic mass is 19.2. The molecule has 0 radical (unpaired) electrons. The van der Waals surface area contributed by atoms with Crippen molar-refractivity contribution < 1.29 is 13.2 Å². The minimum atomic E-state index is -0.792. The van der Waals surface area contributed by atoms with Crippen LogP contribution in [0.4, 0.5) is 8.78 Å². The molecule has 1 aromatic heterocycles. The summed E-state index contributed by atoms with van der Waals surface area (Å²) in [6.07, 6.45) is 2.59. The van der Waals surface area contributed by atoms with Crippen LogP contribution in [0, 0.1) is 11.6 Å². The van der Waals surface area contributed by atoms with Gasteiger partial charge in [0, 0.05) is 12.0 Å². The summed E-state index contributed by atoms with van der Waals surface area (Å²) in [5.74, 6) is -0.412. The van der Waals surface area contributed by atoms with Crippen LogP contribution >= 0.6 is 0 Å². The van der Waals surface area contributed by atoms with Crippen LogP contribution in [-0.4, -0.2) is 6.04 Å². The van der Waals surface area contributed by atoms with E-state index in [4.69, 9.17) is 4.42 Å². The van der Waals surface area contributed by atoms with Crippen LogP contribution < -0.4 is 5.32 Å². The van der Waals surface area contributed by atoms with E-state index < -0.39 is 11.6 Å². The molecule has 1 N–H and O–H groups in total. The largest absolute Gasteiger partial charge is 0.468 e. The average molecular weight is 249 g/mol. The predicted molar refractivity (Wildman–Crippen MR) is 63.1 cm³/mol. The van der Waals surface area contributed by atoms with E-state index in [0.717, 1.165) is 17.7 Å². The number of benzene rings is 1. The van der Waals surface area contributed by atoms with Gasteiger partial charge in [-0.05, 0) is 36.2 Å². The summed E-state index contributed by atoms with van der Waals surface area (Å²) in [5, 5.41) is 3.33. The fraction of sp³-hybridized carbons (Fsp3) is 0.286. The van der Waals surface area contributed by atoms with Crippen LogP contribution in [0.25, 0.3) is 0 Å². The predicted octanol–water partition coefficient (Wildman–Crippen LogP) is 3.20. The fourth-order valence-corrected chi connectivity index (χ4v) is 2.18. The first-order chi connectivity index (χ1) is 8.74. The Kier molecular flexibility index (Phi) is 2.88. The maximum Gasteiger partial charge on any atom is 0.159 e. The second-order valence-corrected chi connectivity index (χ2v) is 4.58. The molecule has 1 heterocycles. The van der Waals surface area contributed by atoms with Crippen molar-refractivity contribution in [2.24, 2.45) is 0 Å². The fourth-order valence-electron chi connectivity index (χ4n) is 2.18. The molecule has 1 aromatic carbocycles. The highest BCUT2D eigenvalue weighted by molar-refractivity contribution is 5.29. The summed E-state index contributed by atoms with van der Waals surface area (Å²) >= 11 is 0. The number of rotatable bonds is 4. The molecule has 0 unspecified atom stereocenters. The van der Waals surface area contributed by atoms with Crippen molar-refractivity contribution in [3.8, 4) is 0 Å². The molecule has 0 saturated heterocycles. The maximum atomic E-state index is 13.1. The van der Waals surface area contributed by atoms with Crippen molar-refractivity contribution in [2.45, 2.75) is 24.9 Å². The smallest absolute Gasteiger partial charge is 0.159 e. The SMILES string of the molecule is Fc1ccc([C@@H]2C[C@H]2NCc2ccco2)cc1F. The van der Waals surface area contributed by atoms with E-state index >= 15 is 0 Å². The zero-order valence-corrected chi connectivity index (χ0v) is 9.70. The molecule has 3 rings (SSSR count). The third-order valence-electron chi connectivity index (χ3n) is 3.28. The van der Waals surface area contributed by atoms with Gasteiger partial charge >= 0.3 is 0 Å². The summed E-state index contributed by atoms with van der Waals surface area (Å²) in [6.45, 7) is 0.665. The van der Waals surface area contributed by atoms with Crippen LogP contribution in [0.3, 0.4) is 0 Å². The molecular weight excluding hydrogens is 236 g/mol. The standard InChI is InChI=1S/C14H13F2NO/c15-12-4-3-9(6-13(12)16)11-7-14(11)17-8-10-2-1-5-18-10/h1-6,11,14,17H,7-8H2/t11-,14+/m0/s1. The molecule has 2 atom stereocenters. The molecule has 0 aliphatic heterocycles. The molecule has 94 valence electrons. The first-order valence-corrected chi connectivity index (χ1v) is 5.95. The molecule has 1 fully saturated rings. The van der Waals surface area contributed by atoms with Gasteiger partial charge in [0.15, 0.2) is 11.6 Å². The van der Waals surface area contributed by atoms with Crippen molar-refractivity contribution in [3.05, 3.63) is 59.6 Å². The molecule has 2 aromatic rings. The topological polar surface area (TPSA) is 25.2 Å². The van der Waals surface area contributed by atoms with Gasteiger partial charge < -0.3 is 9.73 Å². The second-order valence-electron chi connectivity index (χ2n) is 4.58. The zero-order valence-electron chi connectivity index (χ0n) is 9.70. The lowest BCUT2D eigenvalue weighted by Gasteiger charge is -2.03. The van der Waals surface area contributed by atoms with Gasteiger partial charge in [-0.25, -0.2) is 8.78 Å². The van der Waals surface area contributed by atoms with Gasteiger partial charge in [-0.1, -0.05) is 6.07 Å². The van der Waals surface area contributed by atoms with Gasteiger partial charge in [-0.2, -0.15) is 0 Å². The van der Waals surface area contributed by atoms with Gasteiger partial charge in [0.25, 0.3) is 0 Å².